The van der Waals surface area contributed by atoms with Crippen molar-refractivity contribution in [1.82, 2.24) is 9.38 Å². The molecule has 0 fully saturated rings. The summed E-state index contributed by atoms with van der Waals surface area (Å²) in [4.78, 5) is 30.3. The van der Waals surface area contributed by atoms with E-state index in [1.165, 1.54) is 0 Å². The molecule has 0 saturated carbocycles. The quantitative estimate of drug-likeness (QED) is 0.334. The van der Waals surface area contributed by atoms with E-state index in [2.05, 4.69) is 12.2 Å². The van der Waals surface area contributed by atoms with Gasteiger partial charge in [-0.15, -0.1) is 0 Å². The van der Waals surface area contributed by atoms with E-state index in [1.54, 1.807) is 31.4 Å². The van der Waals surface area contributed by atoms with Crippen molar-refractivity contribution in [3.8, 4) is 11.1 Å². The summed E-state index contributed by atoms with van der Waals surface area (Å²) in [6, 6.07) is 13.0. The number of unbranched alkanes of at least 4 members (excludes halogenated alkanes) is 1. The van der Waals surface area contributed by atoms with E-state index < -0.39 is 11.6 Å². The van der Waals surface area contributed by atoms with E-state index in [9.17, 15) is 9.59 Å². The molecule has 0 aliphatic heterocycles. The fraction of sp³-hybridized carbons (Fsp3) is 0.407. The molecule has 7 nitrogen and oxygen atoms in total. The third-order valence-electron chi connectivity index (χ3n) is 5.30. The lowest BCUT2D eigenvalue weighted by atomic mass is 10.0. The summed E-state index contributed by atoms with van der Waals surface area (Å²) in [5.41, 5.74) is 2.85. The number of hydrogen-bond acceptors (Lipinski definition) is 6. The maximum absolute atomic E-state index is 13.4. The van der Waals surface area contributed by atoms with Gasteiger partial charge in [-0.3, -0.25) is 14.6 Å². The van der Waals surface area contributed by atoms with Crippen LogP contribution in [0.25, 0.3) is 16.8 Å². The molecule has 2 heterocycles. The number of nitrogens with one attached hydrogen (secondary N) is 2. The van der Waals surface area contributed by atoms with Crippen LogP contribution in [-0.2, 0) is 16.0 Å². The van der Waals surface area contributed by atoms with Crippen LogP contribution < -0.4 is 10.9 Å². The molecule has 0 aliphatic carbocycles. The van der Waals surface area contributed by atoms with Gasteiger partial charge in [0.1, 0.15) is 17.0 Å². The smallest absolute Gasteiger partial charge is 0.352 e. The van der Waals surface area contributed by atoms with Gasteiger partial charge in [-0.2, -0.15) is 0 Å². The third-order valence-corrected chi connectivity index (χ3v) is 5.30. The second kappa shape index (κ2) is 10.6. The van der Waals surface area contributed by atoms with Crippen molar-refractivity contribution in [3.05, 3.63) is 64.7 Å². The van der Waals surface area contributed by atoms with Crippen molar-refractivity contribution in [3.63, 3.8) is 0 Å². The minimum Gasteiger partial charge on any atom is -0.456 e. The van der Waals surface area contributed by atoms with E-state index in [1.807, 2.05) is 49.4 Å². The second-order valence-corrected chi connectivity index (χ2v) is 9.58. The molecular formula is C27H34N4O3. The molecule has 180 valence electrons. The molecule has 1 atom stereocenters. The van der Waals surface area contributed by atoms with Gasteiger partial charge in [0.15, 0.2) is 0 Å². The summed E-state index contributed by atoms with van der Waals surface area (Å²) in [6.07, 6.45) is 4.65. The van der Waals surface area contributed by atoms with Gasteiger partial charge in [0.25, 0.3) is 5.56 Å². The molecule has 0 spiro atoms. The van der Waals surface area contributed by atoms with Gasteiger partial charge < -0.3 is 10.1 Å². The summed E-state index contributed by atoms with van der Waals surface area (Å²) >= 11 is 0. The van der Waals surface area contributed by atoms with Gasteiger partial charge in [0, 0.05) is 24.3 Å². The van der Waals surface area contributed by atoms with E-state index in [-0.39, 0.29) is 23.7 Å². The van der Waals surface area contributed by atoms with E-state index in [4.69, 9.17) is 15.1 Å². The summed E-state index contributed by atoms with van der Waals surface area (Å²) in [6.45, 7) is 9.37. The highest BCUT2D eigenvalue weighted by Gasteiger charge is 2.21. The molecule has 0 radical (unpaired) electrons. The third kappa shape index (κ3) is 6.31. The Morgan fingerprint density at radius 1 is 1.21 bits per heavy atom. The lowest BCUT2D eigenvalue weighted by molar-refractivity contribution is -0.146. The minimum absolute atomic E-state index is 0.0788. The predicted octanol–water partition coefficient (Wildman–Crippen LogP) is 5.26. The summed E-state index contributed by atoms with van der Waals surface area (Å²) < 4.78 is 6.86. The molecule has 2 N–H and O–H groups in total. The summed E-state index contributed by atoms with van der Waals surface area (Å²) in [7, 11) is 0. The number of carbonyl (C=O) groups excluding carboxylic acids is 1. The zero-order valence-electron chi connectivity index (χ0n) is 20.6. The van der Waals surface area contributed by atoms with Gasteiger partial charge in [0.2, 0.25) is 0 Å². The number of fused-ring (bicyclic) bond motifs is 1. The summed E-state index contributed by atoms with van der Waals surface area (Å²) in [5, 5.41) is 11.4. The molecule has 0 aliphatic rings. The molecule has 3 rings (SSSR count). The molecule has 0 saturated heterocycles. The second-order valence-electron chi connectivity index (χ2n) is 9.58. The van der Waals surface area contributed by atoms with E-state index in [0.29, 0.717) is 11.2 Å². The Balaban J connectivity index is 1.86. The number of benzene rings is 1. The number of pyridine rings is 1. The molecule has 7 heteroatoms. The number of ether oxygens (including phenoxy) is 1. The predicted molar refractivity (Wildman–Crippen MR) is 137 cm³/mol. The number of aryl methyl sites for hydroxylation is 1. The van der Waals surface area contributed by atoms with Gasteiger partial charge in [-0.05, 0) is 70.4 Å². The number of rotatable bonds is 9. The Hall–Kier alpha value is -3.48. The van der Waals surface area contributed by atoms with Crippen LogP contribution in [0.4, 0.5) is 5.69 Å². The van der Waals surface area contributed by atoms with Crippen LogP contribution >= 0.6 is 0 Å². The van der Waals surface area contributed by atoms with Gasteiger partial charge in [0.05, 0.1) is 11.3 Å². The van der Waals surface area contributed by atoms with Crippen LogP contribution in [0.5, 0.6) is 0 Å². The lowest BCUT2D eigenvalue weighted by Crippen LogP contribution is -2.31. The molecule has 34 heavy (non-hydrogen) atoms. The highest BCUT2D eigenvalue weighted by atomic mass is 16.6. The maximum atomic E-state index is 13.4. The molecule has 0 amide bonds. The molecule has 3 aromatic rings. The number of esters is 1. The van der Waals surface area contributed by atoms with Crippen LogP contribution in [-0.4, -0.2) is 32.7 Å². The largest absolute Gasteiger partial charge is 0.456 e. The Morgan fingerprint density at radius 2 is 1.97 bits per heavy atom. The minimum atomic E-state index is -0.633. The van der Waals surface area contributed by atoms with Crippen LogP contribution in [0.3, 0.4) is 0 Å². The Kier molecular flexibility index (Phi) is 7.87. The van der Waals surface area contributed by atoms with Crippen molar-refractivity contribution < 1.29 is 9.53 Å². The number of nitrogens with zero attached hydrogens (tertiary/aromatic N) is 2. The number of hydrogen-bond donors (Lipinski definition) is 2. The first-order valence-corrected chi connectivity index (χ1v) is 11.8. The highest BCUT2D eigenvalue weighted by molar-refractivity contribution is 6.35. The molecular weight excluding hydrogens is 428 g/mol. The highest BCUT2D eigenvalue weighted by Crippen LogP contribution is 2.25. The summed E-state index contributed by atoms with van der Waals surface area (Å²) in [5.74, 6) is -0.606. The topological polar surface area (TPSA) is 96.5 Å². The Bertz CT molecular complexity index is 1240. The fourth-order valence-corrected chi connectivity index (χ4v) is 3.78. The first kappa shape index (κ1) is 25.1. The van der Waals surface area contributed by atoms with Crippen LogP contribution in [0, 0.1) is 5.41 Å². The molecule has 2 aromatic heterocycles. The monoisotopic (exact) mass is 462 g/mol. The average molecular weight is 463 g/mol. The van der Waals surface area contributed by atoms with Crippen LogP contribution in [0.2, 0.25) is 0 Å². The van der Waals surface area contributed by atoms with Crippen LogP contribution in [0.15, 0.2) is 53.5 Å². The number of carbonyl (C=O) groups is 1. The normalized spacial score (nSPS) is 12.4. The van der Waals surface area contributed by atoms with Crippen molar-refractivity contribution in [2.24, 2.45) is 0 Å². The Labute approximate surface area is 200 Å². The van der Waals surface area contributed by atoms with Crippen LogP contribution in [0.1, 0.15) is 59.6 Å². The van der Waals surface area contributed by atoms with Crippen molar-refractivity contribution >= 4 is 23.0 Å². The lowest BCUT2D eigenvalue weighted by Gasteiger charge is -2.21. The van der Waals surface area contributed by atoms with Crippen molar-refractivity contribution in [2.75, 3.05) is 5.32 Å². The SMILES string of the molecule is CCCCc1nc2ccccn2c(=O)c1-c1cccc(NC(C)CC(=N)C(=O)OC(C)(C)C)c1. The van der Waals surface area contributed by atoms with Crippen molar-refractivity contribution in [1.29, 1.82) is 5.41 Å². The standard InChI is InChI=1S/C27H34N4O3/c1-6-7-13-22-24(25(32)31-15-9-8-14-23(31)30-22)19-11-10-12-20(17-19)29-18(2)16-21(28)26(33)34-27(3,4)5/h8-12,14-15,17-18,28-29H,6-7,13,16H2,1-5H3. The fourth-order valence-electron chi connectivity index (χ4n) is 3.78. The first-order chi connectivity index (χ1) is 16.1. The molecule has 0 bridgehead atoms. The van der Waals surface area contributed by atoms with Gasteiger partial charge in [-0.1, -0.05) is 31.5 Å². The first-order valence-electron chi connectivity index (χ1n) is 11.8. The zero-order valence-corrected chi connectivity index (χ0v) is 20.6. The Morgan fingerprint density at radius 3 is 2.68 bits per heavy atom. The zero-order chi connectivity index (χ0) is 24.9. The number of anilines is 1. The molecule has 1 unspecified atom stereocenters. The van der Waals surface area contributed by atoms with E-state index in [0.717, 1.165) is 36.2 Å². The molecule has 1 aromatic carbocycles. The maximum Gasteiger partial charge on any atom is 0.352 e. The van der Waals surface area contributed by atoms with Gasteiger partial charge in [-0.25, -0.2) is 9.78 Å². The number of aromatic nitrogens is 2. The van der Waals surface area contributed by atoms with E-state index >= 15 is 0 Å². The van der Waals surface area contributed by atoms with Gasteiger partial charge >= 0.3 is 5.97 Å². The van der Waals surface area contributed by atoms with Crippen molar-refractivity contribution in [2.45, 2.75) is 71.9 Å². The average Bonchev–Trinajstić information content (AvgIpc) is 2.76.